The maximum absolute atomic E-state index is 11.8. The van der Waals surface area contributed by atoms with Gasteiger partial charge in [-0.05, 0) is 6.07 Å². The monoisotopic (exact) mass is 276 g/mol. The van der Waals surface area contributed by atoms with Crippen LogP contribution in [0.25, 0.3) is 0 Å². The van der Waals surface area contributed by atoms with Gasteiger partial charge in [0.1, 0.15) is 10.4 Å². The van der Waals surface area contributed by atoms with E-state index in [9.17, 15) is 8.42 Å². The van der Waals surface area contributed by atoms with Gasteiger partial charge in [-0.3, -0.25) is 9.71 Å². The molecule has 0 saturated carbocycles. The highest BCUT2D eigenvalue weighted by Crippen LogP contribution is 2.22. The zero-order chi connectivity index (χ0) is 11.6. The second-order valence-corrected chi connectivity index (χ2v) is 5.55. The molecule has 0 unspecified atom stereocenters. The summed E-state index contributed by atoms with van der Waals surface area (Å²) in [6, 6.07) is 1.40. The number of halogens is 1. The number of pyridine rings is 1. The molecule has 2 aromatic rings. The minimum absolute atomic E-state index is 0.0909. The van der Waals surface area contributed by atoms with E-state index in [-0.39, 0.29) is 15.0 Å². The van der Waals surface area contributed by atoms with Gasteiger partial charge >= 0.3 is 0 Å². The van der Waals surface area contributed by atoms with Crippen LogP contribution in [0.4, 0.5) is 5.13 Å². The highest BCUT2D eigenvalue weighted by molar-refractivity contribution is 7.93. The first-order valence-electron chi connectivity index (χ1n) is 3.98. The van der Waals surface area contributed by atoms with Crippen LogP contribution in [0, 0.1) is 0 Å². The van der Waals surface area contributed by atoms with Crippen LogP contribution in [0.5, 0.6) is 0 Å². The molecule has 6 nitrogen and oxygen atoms in total. The van der Waals surface area contributed by atoms with E-state index < -0.39 is 10.0 Å². The molecule has 0 saturated heterocycles. The Morgan fingerprint density at radius 1 is 1.44 bits per heavy atom. The van der Waals surface area contributed by atoms with Gasteiger partial charge in [0.05, 0.1) is 5.02 Å². The predicted molar refractivity (Wildman–Crippen MR) is 60.0 cm³/mol. The summed E-state index contributed by atoms with van der Waals surface area (Å²) in [5, 5.41) is 7.37. The van der Waals surface area contributed by atoms with E-state index >= 15 is 0 Å². The minimum atomic E-state index is -3.75. The van der Waals surface area contributed by atoms with Crippen LogP contribution >= 0.6 is 22.9 Å². The van der Waals surface area contributed by atoms with Crippen molar-refractivity contribution in [2.24, 2.45) is 0 Å². The average molecular weight is 277 g/mol. The second-order valence-electron chi connectivity index (χ2n) is 2.66. The van der Waals surface area contributed by atoms with Crippen molar-refractivity contribution < 1.29 is 8.42 Å². The van der Waals surface area contributed by atoms with E-state index in [1.54, 1.807) is 0 Å². The van der Waals surface area contributed by atoms with E-state index in [0.29, 0.717) is 0 Å². The van der Waals surface area contributed by atoms with Crippen molar-refractivity contribution in [1.82, 2.24) is 15.2 Å². The molecule has 0 aliphatic rings. The van der Waals surface area contributed by atoms with Crippen molar-refractivity contribution in [1.29, 1.82) is 0 Å². The third-order valence-corrected chi connectivity index (χ3v) is 4.15. The lowest BCUT2D eigenvalue weighted by Gasteiger charge is -2.05. The molecule has 9 heteroatoms. The lowest BCUT2D eigenvalue weighted by Crippen LogP contribution is -2.13. The Balaban J connectivity index is 2.37. The summed E-state index contributed by atoms with van der Waals surface area (Å²) >= 11 is 6.83. The zero-order valence-electron chi connectivity index (χ0n) is 7.66. The first-order valence-corrected chi connectivity index (χ1v) is 6.72. The fourth-order valence-corrected chi connectivity index (χ4v) is 3.07. The normalized spacial score (nSPS) is 11.3. The van der Waals surface area contributed by atoms with Crippen LogP contribution in [0.15, 0.2) is 28.9 Å². The SMILES string of the molecule is O=S(=O)(Nc1nncs1)c1cnccc1Cl. The molecule has 2 heterocycles. The fraction of sp³-hybridized carbons (Fsp3) is 0. The van der Waals surface area contributed by atoms with Crippen LogP contribution in [-0.2, 0) is 10.0 Å². The molecule has 0 spiro atoms. The smallest absolute Gasteiger partial charge is 0.263 e. The number of nitrogens with zero attached hydrogens (tertiary/aromatic N) is 3. The Kier molecular flexibility index (Phi) is 3.03. The number of rotatable bonds is 3. The van der Waals surface area contributed by atoms with Crippen molar-refractivity contribution in [3.8, 4) is 0 Å². The van der Waals surface area contributed by atoms with Crippen molar-refractivity contribution in [2.75, 3.05) is 4.72 Å². The Labute approximate surface area is 100 Å². The molecule has 2 rings (SSSR count). The van der Waals surface area contributed by atoms with E-state index in [0.717, 1.165) is 11.3 Å². The quantitative estimate of drug-likeness (QED) is 0.916. The summed E-state index contributed by atoms with van der Waals surface area (Å²) in [6.45, 7) is 0. The molecule has 16 heavy (non-hydrogen) atoms. The lowest BCUT2D eigenvalue weighted by atomic mass is 10.5. The Bertz CT molecular complexity index is 584. The molecule has 0 aliphatic carbocycles. The Morgan fingerprint density at radius 2 is 2.25 bits per heavy atom. The molecular weight excluding hydrogens is 272 g/mol. The molecule has 0 fully saturated rings. The number of sulfonamides is 1. The molecule has 0 bridgehead atoms. The van der Waals surface area contributed by atoms with Gasteiger partial charge < -0.3 is 0 Å². The van der Waals surface area contributed by atoms with Gasteiger partial charge in [0.2, 0.25) is 5.13 Å². The third-order valence-electron chi connectivity index (χ3n) is 1.61. The largest absolute Gasteiger partial charge is 0.266 e. The summed E-state index contributed by atoms with van der Waals surface area (Å²) in [4.78, 5) is 3.61. The number of hydrogen-bond donors (Lipinski definition) is 1. The van der Waals surface area contributed by atoms with E-state index in [2.05, 4.69) is 19.9 Å². The van der Waals surface area contributed by atoms with Crippen molar-refractivity contribution in [3.63, 3.8) is 0 Å². The molecule has 0 aliphatic heterocycles. The van der Waals surface area contributed by atoms with Gasteiger partial charge in [-0.1, -0.05) is 22.9 Å². The van der Waals surface area contributed by atoms with Gasteiger partial charge in [0.25, 0.3) is 10.0 Å². The van der Waals surface area contributed by atoms with E-state index in [1.165, 1.54) is 24.0 Å². The Morgan fingerprint density at radius 3 is 2.88 bits per heavy atom. The predicted octanol–water partition coefficient (Wildman–Crippen LogP) is 1.39. The zero-order valence-corrected chi connectivity index (χ0v) is 10.1. The highest BCUT2D eigenvalue weighted by atomic mass is 35.5. The first kappa shape index (κ1) is 11.2. The number of anilines is 1. The van der Waals surface area contributed by atoms with Crippen LogP contribution in [0.3, 0.4) is 0 Å². The molecule has 0 radical (unpaired) electrons. The minimum Gasteiger partial charge on any atom is -0.263 e. The van der Waals surface area contributed by atoms with Gasteiger partial charge in [-0.15, -0.1) is 10.2 Å². The Hall–Kier alpha value is -1.25. The van der Waals surface area contributed by atoms with Crippen LogP contribution in [-0.4, -0.2) is 23.6 Å². The van der Waals surface area contributed by atoms with E-state index in [1.807, 2.05) is 0 Å². The van der Waals surface area contributed by atoms with Crippen LogP contribution in [0.1, 0.15) is 0 Å². The maximum Gasteiger partial charge on any atom is 0.266 e. The average Bonchev–Trinajstić information content (AvgIpc) is 2.70. The number of nitrogens with one attached hydrogen (secondary N) is 1. The molecule has 1 N–H and O–H groups in total. The van der Waals surface area contributed by atoms with Crippen LogP contribution < -0.4 is 4.72 Å². The highest BCUT2D eigenvalue weighted by Gasteiger charge is 2.19. The molecule has 0 atom stereocenters. The summed E-state index contributed by atoms with van der Waals surface area (Å²) < 4.78 is 25.9. The summed E-state index contributed by atoms with van der Waals surface area (Å²) in [6.07, 6.45) is 2.58. The van der Waals surface area contributed by atoms with Gasteiger partial charge in [0, 0.05) is 12.4 Å². The van der Waals surface area contributed by atoms with Crippen molar-refractivity contribution in [3.05, 3.63) is 29.0 Å². The molecule has 2 aromatic heterocycles. The van der Waals surface area contributed by atoms with E-state index in [4.69, 9.17) is 11.6 Å². The van der Waals surface area contributed by atoms with Crippen LogP contribution in [0.2, 0.25) is 5.02 Å². The maximum atomic E-state index is 11.8. The number of hydrogen-bond acceptors (Lipinski definition) is 6. The number of aromatic nitrogens is 3. The fourth-order valence-electron chi connectivity index (χ4n) is 0.948. The summed E-state index contributed by atoms with van der Waals surface area (Å²) in [5.41, 5.74) is 1.42. The second kappa shape index (κ2) is 4.32. The lowest BCUT2D eigenvalue weighted by molar-refractivity contribution is 0.600. The first-order chi connectivity index (χ1) is 7.59. The molecule has 0 amide bonds. The van der Waals surface area contributed by atoms with Gasteiger partial charge in [-0.25, -0.2) is 8.42 Å². The van der Waals surface area contributed by atoms with Gasteiger partial charge in [0.15, 0.2) is 0 Å². The molecule has 0 aromatic carbocycles. The third kappa shape index (κ3) is 2.29. The standard InChI is InChI=1S/C7H5ClN4O2S2/c8-5-1-2-9-3-6(5)16(13,14)12-7-11-10-4-15-7/h1-4H,(H,11,12). The van der Waals surface area contributed by atoms with Crippen molar-refractivity contribution in [2.45, 2.75) is 4.90 Å². The molecular formula is C7H5ClN4O2S2. The topological polar surface area (TPSA) is 84.8 Å². The van der Waals surface area contributed by atoms with Gasteiger partial charge in [-0.2, -0.15) is 0 Å². The molecule has 84 valence electrons. The summed E-state index contributed by atoms with van der Waals surface area (Å²) in [7, 11) is -3.75. The summed E-state index contributed by atoms with van der Waals surface area (Å²) in [5.74, 6) is 0. The van der Waals surface area contributed by atoms with Crippen molar-refractivity contribution >= 4 is 38.1 Å².